The molecule has 0 fully saturated rings. The first kappa shape index (κ1) is 12.4. The summed E-state index contributed by atoms with van der Waals surface area (Å²) in [7, 11) is 0. The topological polar surface area (TPSA) is 0 Å². The fraction of sp³-hybridized carbons (Fsp3) is 0.294. The SMILES string of the molecule is Cc1ccc(C)c2c1C=C[CH]2[Zr]([CH3])[CH]1C=CC=C1. The number of rotatable bonds is 2. The van der Waals surface area contributed by atoms with Gasteiger partial charge in [0.25, 0.3) is 0 Å². The van der Waals surface area contributed by atoms with Crippen molar-refractivity contribution in [3.63, 3.8) is 0 Å². The van der Waals surface area contributed by atoms with Gasteiger partial charge in [0, 0.05) is 0 Å². The molecule has 0 heterocycles. The molecule has 0 radical (unpaired) electrons. The zero-order valence-corrected chi connectivity index (χ0v) is 13.7. The maximum absolute atomic E-state index is 2.57. The number of allylic oxidation sites excluding steroid dienone is 5. The van der Waals surface area contributed by atoms with Crippen LogP contribution in [0, 0.1) is 13.8 Å². The number of hydrogen-bond acceptors (Lipinski definition) is 0. The van der Waals surface area contributed by atoms with E-state index in [0.29, 0.717) is 0 Å². The summed E-state index contributed by atoms with van der Waals surface area (Å²) < 4.78 is 4.12. The molecule has 0 N–H and O–H groups in total. The molecule has 0 nitrogen and oxygen atoms in total. The number of aryl methyl sites for hydroxylation is 2. The first-order valence-corrected chi connectivity index (χ1v) is 11.9. The molecule has 0 aromatic heterocycles. The average molecular weight is 315 g/mol. The van der Waals surface area contributed by atoms with Gasteiger partial charge < -0.3 is 0 Å². The molecule has 0 bridgehead atoms. The Morgan fingerprint density at radius 2 is 1.61 bits per heavy atom. The monoisotopic (exact) mass is 313 g/mol. The van der Waals surface area contributed by atoms with Crippen molar-refractivity contribution in [2.75, 3.05) is 0 Å². The normalized spacial score (nSPS) is 20.7. The van der Waals surface area contributed by atoms with Crippen molar-refractivity contribution < 1.29 is 21.8 Å². The molecule has 0 saturated heterocycles. The van der Waals surface area contributed by atoms with E-state index in [0.717, 1.165) is 7.25 Å². The Hall–Kier alpha value is -0.677. The molecule has 2 aliphatic rings. The van der Waals surface area contributed by atoms with Crippen molar-refractivity contribution in [1.82, 2.24) is 0 Å². The third-order valence-electron chi connectivity index (χ3n) is 4.25. The van der Waals surface area contributed by atoms with E-state index in [2.05, 4.69) is 67.1 Å². The molecule has 0 aliphatic heterocycles. The van der Waals surface area contributed by atoms with Crippen molar-refractivity contribution in [3.8, 4) is 0 Å². The molecule has 1 atom stereocenters. The molecular weight excluding hydrogens is 295 g/mol. The van der Waals surface area contributed by atoms with E-state index in [1.165, 1.54) is 16.7 Å². The van der Waals surface area contributed by atoms with Crippen molar-refractivity contribution in [2.45, 2.75) is 25.7 Å². The summed E-state index contributed by atoms with van der Waals surface area (Å²) in [6, 6.07) is 4.56. The predicted molar refractivity (Wildman–Crippen MR) is 75.6 cm³/mol. The Labute approximate surface area is 118 Å². The molecule has 0 spiro atoms. The number of benzene rings is 1. The molecule has 3 rings (SSSR count). The third kappa shape index (κ3) is 1.93. The van der Waals surface area contributed by atoms with Crippen molar-refractivity contribution in [3.05, 3.63) is 64.8 Å². The van der Waals surface area contributed by atoms with Gasteiger partial charge in [-0.05, 0) is 0 Å². The second-order valence-electron chi connectivity index (χ2n) is 5.40. The van der Waals surface area contributed by atoms with Crippen molar-refractivity contribution in [1.29, 1.82) is 0 Å². The number of hydrogen-bond donors (Lipinski definition) is 0. The molecule has 1 aromatic carbocycles. The van der Waals surface area contributed by atoms with Gasteiger partial charge in [-0.3, -0.25) is 0 Å². The summed E-state index contributed by atoms with van der Waals surface area (Å²) in [5.74, 6) is 0. The minimum absolute atomic E-state index is 0.764. The molecule has 91 valence electrons. The first-order chi connectivity index (χ1) is 8.68. The van der Waals surface area contributed by atoms with Gasteiger partial charge in [0.05, 0.1) is 0 Å². The van der Waals surface area contributed by atoms with E-state index in [1.807, 2.05) is 0 Å². The summed E-state index contributed by atoms with van der Waals surface area (Å²) in [5, 5.41) is 0. The Kier molecular flexibility index (Phi) is 3.28. The summed E-state index contributed by atoms with van der Waals surface area (Å²) in [4.78, 5) is 0. The van der Waals surface area contributed by atoms with Crippen LogP contribution < -0.4 is 0 Å². The fourth-order valence-electron chi connectivity index (χ4n) is 3.10. The Bertz CT molecular complexity index is 551. The molecule has 1 unspecified atom stereocenters. The molecule has 2 aliphatic carbocycles. The Morgan fingerprint density at radius 3 is 2.33 bits per heavy atom. The summed E-state index contributed by atoms with van der Waals surface area (Å²) in [5.41, 5.74) is 6.06. The molecule has 1 heteroatoms. The van der Waals surface area contributed by atoms with Crippen LogP contribution in [0.3, 0.4) is 0 Å². The predicted octanol–water partition coefficient (Wildman–Crippen LogP) is 4.95. The van der Waals surface area contributed by atoms with Crippen LogP contribution >= 0.6 is 0 Å². The van der Waals surface area contributed by atoms with Gasteiger partial charge in [0.2, 0.25) is 0 Å². The van der Waals surface area contributed by atoms with E-state index in [-0.39, 0.29) is 0 Å². The third-order valence-corrected chi connectivity index (χ3v) is 11.4. The average Bonchev–Trinajstić information content (AvgIpc) is 3.01. The molecule has 0 amide bonds. The van der Waals surface area contributed by atoms with Crippen LogP contribution in [0.4, 0.5) is 0 Å². The number of fused-ring (bicyclic) bond motifs is 1. The van der Waals surface area contributed by atoms with E-state index in [4.69, 9.17) is 0 Å². The van der Waals surface area contributed by atoms with Crippen LogP contribution in [0.2, 0.25) is 8.26 Å². The zero-order chi connectivity index (χ0) is 12.7. The summed E-state index contributed by atoms with van der Waals surface area (Å²) in [6.45, 7) is 4.51. The van der Waals surface area contributed by atoms with E-state index in [9.17, 15) is 0 Å². The second-order valence-corrected chi connectivity index (χ2v) is 12.2. The minimum atomic E-state index is -1.47. The van der Waals surface area contributed by atoms with Crippen LogP contribution in [0.5, 0.6) is 0 Å². The van der Waals surface area contributed by atoms with Crippen molar-refractivity contribution >= 4 is 6.08 Å². The van der Waals surface area contributed by atoms with Gasteiger partial charge in [-0.25, -0.2) is 0 Å². The zero-order valence-electron chi connectivity index (χ0n) is 11.3. The molecule has 0 saturated carbocycles. The van der Waals surface area contributed by atoms with E-state index in [1.54, 1.807) is 5.56 Å². The van der Waals surface area contributed by atoms with Gasteiger partial charge in [0.1, 0.15) is 0 Å². The molecule has 1 aromatic rings. The van der Waals surface area contributed by atoms with Gasteiger partial charge in [-0.15, -0.1) is 0 Å². The quantitative estimate of drug-likeness (QED) is 0.724. The van der Waals surface area contributed by atoms with E-state index < -0.39 is 21.8 Å². The van der Waals surface area contributed by atoms with Gasteiger partial charge in [-0.2, -0.15) is 0 Å². The van der Waals surface area contributed by atoms with Crippen LogP contribution in [0.1, 0.15) is 25.9 Å². The van der Waals surface area contributed by atoms with Gasteiger partial charge in [-0.1, -0.05) is 0 Å². The van der Waals surface area contributed by atoms with E-state index >= 15 is 0 Å². The molecule has 18 heavy (non-hydrogen) atoms. The summed E-state index contributed by atoms with van der Waals surface area (Å²) in [6.07, 6.45) is 14.1. The molecular formula is C17H19Zr. The van der Waals surface area contributed by atoms with Gasteiger partial charge >= 0.3 is 118 Å². The van der Waals surface area contributed by atoms with Crippen LogP contribution in [-0.4, -0.2) is 0 Å². The van der Waals surface area contributed by atoms with Crippen LogP contribution in [0.25, 0.3) is 6.08 Å². The van der Waals surface area contributed by atoms with Crippen molar-refractivity contribution in [2.24, 2.45) is 0 Å². The Balaban J connectivity index is 1.99. The standard InChI is InChI=1S/C11H11.C5H5.CH3.Zr/c1-8-6-7-9(2)11-5-3-4-10(8)11;1-2-4-5-3-1;;/h3-7H,1-2H3;1-5H;1H3;. The van der Waals surface area contributed by atoms with Crippen LogP contribution in [-0.2, 0) is 21.8 Å². The Morgan fingerprint density at radius 1 is 0.944 bits per heavy atom. The maximum atomic E-state index is 2.57. The van der Waals surface area contributed by atoms with Crippen LogP contribution in [0.15, 0.2) is 42.5 Å². The summed E-state index contributed by atoms with van der Waals surface area (Å²) >= 11 is -1.47. The van der Waals surface area contributed by atoms with Gasteiger partial charge in [0.15, 0.2) is 0 Å². The second kappa shape index (κ2) is 4.78. The first-order valence-electron chi connectivity index (χ1n) is 6.65. The fourth-order valence-corrected chi connectivity index (χ4v) is 9.20.